The van der Waals surface area contributed by atoms with E-state index in [4.69, 9.17) is 0 Å². The van der Waals surface area contributed by atoms with Crippen LogP contribution in [0.15, 0.2) is 204 Å². The Morgan fingerprint density at radius 2 is 0.647 bits per heavy atom. The fraction of sp³-hybridized carbons (Fsp3) is 0. The lowest BCUT2D eigenvalue weighted by atomic mass is 10.0. The number of hydrogen-bond acceptors (Lipinski definition) is 1. The lowest BCUT2D eigenvalue weighted by molar-refractivity contribution is 1.17. The van der Waals surface area contributed by atoms with E-state index in [1.54, 1.807) is 11.8 Å². The van der Waals surface area contributed by atoms with Gasteiger partial charge in [0.15, 0.2) is 0 Å². The highest BCUT2D eigenvalue weighted by atomic mass is 32.2. The van der Waals surface area contributed by atoms with Crippen LogP contribution in [-0.2, 0) is 0 Å². The molecule has 0 aliphatic heterocycles. The molecule has 0 amide bonds. The van der Waals surface area contributed by atoms with Crippen LogP contribution < -0.4 is 0 Å². The molecule has 10 rings (SSSR count). The summed E-state index contributed by atoms with van der Waals surface area (Å²) in [6, 6.07) is 70.3. The maximum Gasteiger partial charge on any atom is 0.0541 e. The van der Waals surface area contributed by atoms with Crippen molar-refractivity contribution in [1.82, 2.24) is 9.13 Å². The fourth-order valence-corrected chi connectivity index (χ4v) is 8.40. The lowest BCUT2D eigenvalue weighted by Gasteiger charge is -2.11. The second-order valence-corrected chi connectivity index (χ2v) is 14.1. The largest absolute Gasteiger partial charge is 0.309 e. The van der Waals surface area contributed by atoms with E-state index in [0.29, 0.717) is 0 Å². The molecule has 0 aliphatic carbocycles. The average molecular weight is 669 g/mol. The summed E-state index contributed by atoms with van der Waals surface area (Å²) < 4.78 is 4.77. The number of hydrogen-bond donors (Lipinski definition) is 0. The molecule has 0 bridgehead atoms. The SMILES string of the molecule is c1ccc(-c2ccc3c(c2)c2ccccc2n3-c2ccc(Sc3ccc(-n4c5ccccc5c5cc(-c6ccccc6)ccc54)cc3)cc2)cc1. The van der Waals surface area contributed by atoms with Gasteiger partial charge in [-0.25, -0.2) is 0 Å². The van der Waals surface area contributed by atoms with Crippen molar-refractivity contribution in [3.63, 3.8) is 0 Å². The van der Waals surface area contributed by atoms with Crippen molar-refractivity contribution in [2.75, 3.05) is 0 Å². The molecule has 51 heavy (non-hydrogen) atoms. The summed E-state index contributed by atoms with van der Waals surface area (Å²) in [5.74, 6) is 0. The van der Waals surface area contributed by atoms with Crippen LogP contribution in [0.1, 0.15) is 0 Å². The van der Waals surface area contributed by atoms with Crippen molar-refractivity contribution in [1.29, 1.82) is 0 Å². The molecular formula is C48H32N2S. The van der Waals surface area contributed by atoms with Gasteiger partial charge < -0.3 is 9.13 Å². The van der Waals surface area contributed by atoms with Gasteiger partial charge >= 0.3 is 0 Å². The molecule has 2 nitrogen and oxygen atoms in total. The summed E-state index contributed by atoms with van der Waals surface area (Å²) in [6.07, 6.45) is 0. The standard InChI is InChI=1S/C48H32N2S/c1-3-11-33(12-4-1)35-19-29-47-43(31-35)41-15-7-9-17-45(41)49(47)37-21-25-39(26-22-37)51-40-27-23-38(24-28-40)50-46-18-10-8-16-42(46)44-32-36(20-30-48(44)50)34-13-5-2-6-14-34/h1-32H. The molecular weight excluding hydrogens is 637 g/mol. The minimum atomic E-state index is 1.16. The fourth-order valence-electron chi connectivity index (χ4n) is 7.59. The molecule has 240 valence electrons. The van der Waals surface area contributed by atoms with Gasteiger partial charge in [-0.05, 0) is 107 Å². The molecule has 0 atom stereocenters. The van der Waals surface area contributed by atoms with Crippen LogP contribution in [0.4, 0.5) is 0 Å². The van der Waals surface area contributed by atoms with E-state index >= 15 is 0 Å². The van der Waals surface area contributed by atoms with Gasteiger partial charge in [0.25, 0.3) is 0 Å². The van der Waals surface area contributed by atoms with Gasteiger partial charge in [0, 0.05) is 42.7 Å². The zero-order valence-corrected chi connectivity index (χ0v) is 28.6. The molecule has 0 aliphatic rings. The summed E-state index contributed by atoms with van der Waals surface area (Å²) in [5.41, 5.74) is 12.1. The van der Waals surface area contributed by atoms with E-state index in [9.17, 15) is 0 Å². The molecule has 0 radical (unpaired) electrons. The van der Waals surface area contributed by atoms with Crippen molar-refractivity contribution >= 4 is 55.4 Å². The van der Waals surface area contributed by atoms with Crippen LogP contribution >= 0.6 is 11.8 Å². The van der Waals surface area contributed by atoms with Gasteiger partial charge in [-0.15, -0.1) is 0 Å². The van der Waals surface area contributed by atoms with E-state index in [1.807, 2.05) is 0 Å². The van der Waals surface area contributed by atoms with Crippen LogP contribution in [-0.4, -0.2) is 9.13 Å². The second kappa shape index (κ2) is 12.2. The van der Waals surface area contributed by atoms with Gasteiger partial charge in [0.05, 0.1) is 22.1 Å². The number of nitrogens with zero attached hydrogens (tertiary/aromatic N) is 2. The Morgan fingerprint density at radius 3 is 1.08 bits per heavy atom. The van der Waals surface area contributed by atoms with Crippen molar-refractivity contribution in [2.24, 2.45) is 0 Å². The maximum absolute atomic E-state index is 2.39. The van der Waals surface area contributed by atoms with Crippen molar-refractivity contribution in [3.05, 3.63) is 194 Å². The van der Waals surface area contributed by atoms with Crippen LogP contribution in [0.5, 0.6) is 0 Å². The topological polar surface area (TPSA) is 9.86 Å². The van der Waals surface area contributed by atoms with Gasteiger partial charge in [-0.3, -0.25) is 0 Å². The third-order valence-electron chi connectivity index (χ3n) is 9.98. The summed E-state index contributed by atoms with van der Waals surface area (Å²) in [5, 5.41) is 5.07. The number of fused-ring (bicyclic) bond motifs is 6. The predicted molar refractivity (Wildman–Crippen MR) is 217 cm³/mol. The molecule has 0 saturated carbocycles. The minimum absolute atomic E-state index is 1.16. The first-order valence-corrected chi connectivity index (χ1v) is 18.2. The van der Waals surface area contributed by atoms with Crippen LogP contribution in [0.3, 0.4) is 0 Å². The zero-order chi connectivity index (χ0) is 33.7. The number of aromatic nitrogens is 2. The Hall–Kier alpha value is -6.29. The van der Waals surface area contributed by atoms with Gasteiger partial charge in [-0.1, -0.05) is 121 Å². The van der Waals surface area contributed by atoms with Gasteiger partial charge in [-0.2, -0.15) is 0 Å². The average Bonchev–Trinajstić information content (AvgIpc) is 3.71. The molecule has 10 aromatic rings. The van der Waals surface area contributed by atoms with Gasteiger partial charge in [0.2, 0.25) is 0 Å². The number of para-hydroxylation sites is 2. The molecule has 8 aromatic carbocycles. The summed E-state index contributed by atoms with van der Waals surface area (Å²) in [7, 11) is 0. The van der Waals surface area contributed by atoms with Crippen LogP contribution in [0.25, 0.3) is 77.2 Å². The lowest BCUT2D eigenvalue weighted by Crippen LogP contribution is -1.94. The van der Waals surface area contributed by atoms with E-state index in [1.165, 1.54) is 75.7 Å². The Bertz CT molecular complexity index is 2650. The quantitative estimate of drug-likeness (QED) is 0.171. The van der Waals surface area contributed by atoms with Crippen molar-refractivity contribution < 1.29 is 0 Å². The summed E-state index contributed by atoms with van der Waals surface area (Å²) in [4.78, 5) is 2.42. The highest BCUT2D eigenvalue weighted by Gasteiger charge is 2.15. The van der Waals surface area contributed by atoms with E-state index in [-0.39, 0.29) is 0 Å². The molecule has 2 aromatic heterocycles. The van der Waals surface area contributed by atoms with Crippen LogP contribution in [0.2, 0.25) is 0 Å². The van der Waals surface area contributed by atoms with E-state index in [2.05, 4.69) is 203 Å². The van der Waals surface area contributed by atoms with Crippen molar-refractivity contribution in [2.45, 2.75) is 9.79 Å². The molecule has 0 unspecified atom stereocenters. The normalized spacial score (nSPS) is 11.6. The second-order valence-electron chi connectivity index (χ2n) is 13.0. The Labute approximate surface area is 300 Å². The molecule has 0 N–H and O–H groups in total. The Balaban J connectivity index is 0.958. The Morgan fingerprint density at radius 1 is 0.275 bits per heavy atom. The summed E-state index contributed by atoms with van der Waals surface area (Å²) in [6.45, 7) is 0. The van der Waals surface area contributed by atoms with E-state index in [0.717, 1.165) is 11.4 Å². The van der Waals surface area contributed by atoms with Crippen LogP contribution in [0, 0.1) is 0 Å². The highest BCUT2D eigenvalue weighted by Crippen LogP contribution is 2.38. The molecule has 0 fully saturated rings. The minimum Gasteiger partial charge on any atom is -0.309 e. The number of benzene rings is 8. The highest BCUT2D eigenvalue weighted by molar-refractivity contribution is 7.99. The maximum atomic E-state index is 2.39. The van der Waals surface area contributed by atoms with Crippen molar-refractivity contribution in [3.8, 4) is 33.6 Å². The first kappa shape index (κ1) is 29.6. The monoisotopic (exact) mass is 668 g/mol. The zero-order valence-electron chi connectivity index (χ0n) is 27.8. The first-order chi connectivity index (χ1) is 25.3. The summed E-state index contributed by atoms with van der Waals surface area (Å²) >= 11 is 1.79. The third kappa shape index (κ3) is 5.13. The smallest absolute Gasteiger partial charge is 0.0541 e. The van der Waals surface area contributed by atoms with Gasteiger partial charge in [0.1, 0.15) is 0 Å². The van der Waals surface area contributed by atoms with E-state index < -0.39 is 0 Å². The predicted octanol–water partition coefficient (Wildman–Crippen LogP) is 13.4. The molecule has 0 saturated heterocycles. The molecule has 0 spiro atoms. The number of rotatable bonds is 6. The third-order valence-corrected chi connectivity index (χ3v) is 11.0. The molecule has 3 heteroatoms. The molecule has 2 heterocycles. The first-order valence-electron chi connectivity index (χ1n) is 17.3. The Kier molecular flexibility index (Phi) is 7.11.